The highest BCUT2D eigenvalue weighted by Gasteiger charge is 2.15. The van der Waals surface area contributed by atoms with Crippen molar-refractivity contribution in [1.82, 2.24) is 14.6 Å². The summed E-state index contributed by atoms with van der Waals surface area (Å²) in [6.45, 7) is 1.76. The van der Waals surface area contributed by atoms with E-state index in [1.165, 1.54) is 6.07 Å². The van der Waals surface area contributed by atoms with Crippen LogP contribution in [0.5, 0.6) is 0 Å². The molecule has 0 aliphatic rings. The van der Waals surface area contributed by atoms with Crippen LogP contribution in [0.3, 0.4) is 0 Å². The van der Waals surface area contributed by atoms with Crippen molar-refractivity contribution < 1.29 is 9.21 Å². The van der Waals surface area contributed by atoms with Gasteiger partial charge in [-0.3, -0.25) is 9.59 Å². The van der Waals surface area contributed by atoms with Gasteiger partial charge in [-0.25, -0.2) is 9.50 Å². The van der Waals surface area contributed by atoms with Crippen LogP contribution in [0.1, 0.15) is 16.4 Å². The SMILES string of the molecule is Cc1nc2c(NC(=O)c3cc(=O)c4ccccc4o3)cccn2n1. The van der Waals surface area contributed by atoms with E-state index < -0.39 is 5.91 Å². The van der Waals surface area contributed by atoms with Crippen LogP contribution in [0, 0.1) is 6.92 Å². The summed E-state index contributed by atoms with van der Waals surface area (Å²) in [6.07, 6.45) is 1.74. The Bertz CT molecular complexity index is 1140. The maximum atomic E-state index is 12.5. The Balaban J connectivity index is 1.75. The number of carbonyl (C=O) groups excluding carboxylic acids is 1. The third-order valence-electron chi connectivity index (χ3n) is 3.57. The third kappa shape index (κ3) is 2.32. The van der Waals surface area contributed by atoms with Crippen LogP contribution in [-0.2, 0) is 0 Å². The van der Waals surface area contributed by atoms with Gasteiger partial charge in [0, 0.05) is 12.3 Å². The highest BCUT2D eigenvalue weighted by atomic mass is 16.3. The average molecular weight is 320 g/mol. The zero-order chi connectivity index (χ0) is 16.7. The summed E-state index contributed by atoms with van der Waals surface area (Å²) >= 11 is 0. The normalized spacial score (nSPS) is 11.0. The van der Waals surface area contributed by atoms with Crippen molar-refractivity contribution in [2.24, 2.45) is 0 Å². The number of nitrogens with one attached hydrogen (secondary N) is 1. The van der Waals surface area contributed by atoms with Gasteiger partial charge >= 0.3 is 0 Å². The Morgan fingerprint density at radius 1 is 1.21 bits per heavy atom. The molecular formula is C17H12N4O3. The zero-order valence-electron chi connectivity index (χ0n) is 12.7. The first-order valence-electron chi connectivity index (χ1n) is 7.28. The Hall–Kier alpha value is -3.48. The summed E-state index contributed by atoms with van der Waals surface area (Å²) in [4.78, 5) is 28.8. The van der Waals surface area contributed by atoms with Gasteiger partial charge in [-0.1, -0.05) is 12.1 Å². The number of nitrogens with zero attached hydrogens (tertiary/aromatic N) is 3. The fourth-order valence-electron chi connectivity index (χ4n) is 2.51. The van der Waals surface area contributed by atoms with E-state index in [4.69, 9.17) is 4.42 Å². The van der Waals surface area contributed by atoms with Crippen LogP contribution < -0.4 is 10.7 Å². The van der Waals surface area contributed by atoms with Crippen molar-refractivity contribution in [2.45, 2.75) is 6.92 Å². The van der Waals surface area contributed by atoms with Gasteiger partial charge in [-0.2, -0.15) is 5.10 Å². The fraction of sp³-hybridized carbons (Fsp3) is 0.0588. The second kappa shape index (κ2) is 5.31. The molecule has 4 aromatic rings. The number of anilines is 1. The van der Waals surface area contributed by atoms with Crippen LogP contribution in [0.4, 0.5) is 5.69 Å². The molecule has 0 aliphatic heterocycles. The van der Waals surface area contributed by atoms with Crippen LogP contribution in [0.2, 0.25) is 0 Å². The Kier molecular flexibility index (Phi) is 3.13. The number of rotatable bonds is 2. The van der Waals surface area contributed by atoms with Crippen LogP contribution >= 0.6 is 0 Å². The van der Waals surface area contributed by atoms with Gasteiger partial charge in [0.2, 0.25) is 0 Å². The predicted octanol–water partition coefficient (Wildman–Crippen LogP) is 2.40. The number of carbonyl (C=O) groups is 1. The summed E-state index contributed by atoms with van der Waals surface area (Å²) in [5.74, 6) is 0.0116. The third-order valence-corrected chi connectivity index (χ3v) is 3.57. The molecule has 0 radical (unpaired) electrons. The molecule has 7 heteroatoms. The lowest BCUT2D eigenvalue weighted by Crippen LogP contribution is -2.15. The van der Waals surface area contributed by atoms with Crippen molar-refractivity contribution in [3.05, 3.63) is 70.5 Å². The molecule has 3 aromatic heterocycles. The van der Waals surface area contributed by atoms with Crippen molar-refractivity contribution in [3.63, 3.8) is 0 Å². The summed E-state index contributed by atoms with van der Waals surface area (Å²) in [6, 6.07) is 11.4. The first kappa shape index (κ1) is 14.1. The topological polar surface area (TPSA) is 89.5 Å². The molecule has 1 aromatic carbocycles. The minimum absolute atomic E-state index is 0.0584. The maximum Gasteiger partial charge on any atom is 0.291 e. The number of benzene rings is 1. The summed E-state index contributed by atoms with van der Waals surface area (Å²) in [7, 11) is 0. The van der Waals surface area contributed by atoms with E-state index in [0.29, 0.717) is 28.1 Å². The van der Waals surface area contributed by atoms with E-state index in [-0.39, 0.29) is 11.2 Å². The number of para-hydroxylation sites is 1. The quantitative estimate of drug-likeness (QED) is 0.612. The molecule has 24 heavy (non-hydrogen) atoms. The van der Waals surface area contributed by atoms with Crippen molar-refractivity contribution in [3.8, 4) is 0 Å². The molecule has 0 spiro atoms. The largest absolute Gasteiger partial charge is 0.451 e. The minimum Gasteiger partial charge on any atom is -0.451 e. The molecule has 1 amide bonds. The number of fused-ring (bicyclic) bond motifs is 2. The lowest BCUT2D eigenvalue weighted by Gasteiger charge is -2.06. The summed E-state index contributed by atoms with van der Waals surface area (Å²) in [5, 5.41) is 7.34. The highest BCUT2D eigenvalue weighted by Crippen LogP contribution is 2.17. The molecule has 0 aliphatic carbocycles. The Morgan fingerprint density at radius 2 is 2.04 bits per heavy atom. The molecule has 4 rings (SSSR count). The summed E-state index contributed by atoms with van der Waals surface area (Å²) in [5.41, 5.74) is 1.11. The van der Waals surface area contributed by atoms with Crippen molar-refractivity contribution in [1.29, 1.82) is 0 Å². The predicted molar refractivity (Wildman–Crippen MR) is 88.2 cm³/mol. The summed E-state index contributed by atoms with van der Waals surface area (Å²) < 4.78 is 7.11. The molecular weight excluding hydrogens is 308 g/mol. The molecule has 0 unspecified atom stereocenters. The smallest absolute Gasteiger partial charge is 0.291 e. The van der Waals surface area contributed by atoms with Crippen LogP contribution in [0.25, 0.3) is 16.6 Å². The maximum absolute atomic E-state index is 12.5. The minimum atomic E-state index is -0.522. The first-order valence-corrected chi connectivity index (χ1v) is 7.28. The van der Waals surface area contributed by atoms with Gasteiger partial charge in [0.15, 0.2) is 16.8 Å². The zero-order valence-corrected chi connectivity index (χ0v) is 12.7. The van der Waals surface area contributed by atoms with E-state index in [2.05, 4.69) is 15.4 Å². The van der Waals surface area contributed by atoms with Gasteiger partial charge in [-0.15, -0.1) is 0 Å². The molecule has 0 bridgehead atoms. The van der Waals surface area contributed by atoms with Gasteiger partial charge in [0.1, 0.15) is 11.4 Å². The van der Waals surface area contributed by atoms with Gasteiger partial charge in [0.05, 0.1) is 11.1 Å². The molecule has 1 N–H and O–H groups in total. The van der Waals surface area contributed by atoms with E-state index in [1.54, 1.807) is 54.0 Å². The van der Waals surface area contributed by atoms with Gasteiger partial charge in [-0.05, 0) is 31.2 Å². The number of aryl methyl sites for hydroxylation is 1. The number of pyridine rings is 1. The standard InChI is InChI=1S/C17H12N4O3/c1-10-18-16-12(6-4-8-21(16)20-10)19-17(23)15-9-13(22)11-5-2-3-7-14(11)24-15/h2-9H,1H3,(H,19,23). The van der Waals surface area contributed by atoms with Crippen LogP contribution in [-0.4, -0.2) is 20.5 Å². The van der Waals surface area contributed by atoms with Crippen molar-refractivity contribution in [2.75, 3.05) is 5.32 Å². The Morgan fingerprint density at radius 3 is 2.92 bits per heavy atom. The average Bonchev–Trinajstić information content (AvgIpc) is 2.96. The van der Waals surface area contributed by atoms with E-state index >= 15 is 0 Å². The van der Waals surface area contributed by atoms with Gasteiger partial charge < -0.3 is 9.73 Å². The molecule has 0 atom stereocenters. The molecule has 3 heterocycles. The van der Waals surface area contributed by atoms with E-state index in [9.17, 15) is 9.59 Å². The molecule has 0 saturated carbocycles. The van der Waals surface area contributed by atoms with Crippen molar-refractivity contribution >= 4 is 28.2 Å². The number of hydrogen-bond acceptors (Lipinski definition) is 5. The van der Waals surface area contributed by atoms with E-state index in [1.807, 2.05) is 0 Å². The van der Waals surface area contributed by atoms with E-state index in [0.717, 1.165) is 0 Å². The second-order valence-electron chi connectivity index (χ2n) is 5.27. The lowest BCUT2D eigenvalue weighted by molar-refractivity contribution is 0.0997. The van der Waals surface area contributed by atoms with Gasteiger partial charge in [0.25, 0.3) is 5.91 Å². The fourth-order valence-corrected chi connectivity index (χ4v) is 2.51. The number of aromatic nitrogens is 3. The molecule has 0 saturated heterocycles. The number of amides is 1. The molecule has 118 valence electrons. The second-order valence-corrected chi connectivity index (χ2v) is 5.27. The molecule has 7 nitrogen and oxygen atoms in total. The highest BCUT2D eigenvalue weighted by molar-refractivity contribution is 6.04. The lowest BCUT2D eigenvalue weighted by atomic mass is 10.2. The molecule has 0 fully saturated rings. The number of hydrogen-bond donors (Lipinski definition) is 1. The Labute approximate surface area is 135 Å². The first-order chi connectivity index (χ1) is 11.6. The monoisotopic (exact) mass is 320 g/mol. The van der Waals surface area contributed by atoms with Crippen LogP contribution in [0.15, 0.2) is 57.9 Å².